The van der Waals surface area contributed by atoms with Crippen molar-refractivity contribution < 1.29 is 9.90 Å². The number of nitrogens with one attached hydrogen (secondary N) is 1. The number of para-hydroxylation sites is 1. The van der Waals surface area contributed by atoms with Crippen LogP contribution in [0.15, 0.2) is 28.7 Å². The summed E-state index contributed by atoms with van der Waals surface area (Å²) < 4.78 is 1.03. The van der Waals surface area contributed by atoms with E-state index in [1.807, 2.05) is 24.3 Å². The Hall–Kier alpha value is -1.03. The van der Waals surface area contributed by atoms with Gasteiger partial charge in [-0.05, 0) is 47.3 Å². The maximum absolute atomic E-state index is 11.0. The summed E-state index contributed by atoms with van der Waals surface area (Å²) in [5, 5.41) is 12.5. The van der Waals surface area contributed by atoms with Gasteiger partial charge in [-0.1, -0.05) is 18.6 Å². The van der Waals surface area contributed by atoms with Gasteiger partial charge in [0.15, 0.2) is 0 Å². The molecule has 2 rings (SSSR count). The first-order chi connectivity index (χ1) is 8.16. The topological polar surface area (TPSA) is 49.3 Å². The van der Waals surface area contributed by atoms with Gasteiger partial charge in [-0.2, -0.15) is 0 Å². The van der Waals surface area contributed by atoms with Gasteiger partial charge >= 0.3 is 5.97 Å². The molecule has 17 heavy (non-hydrogen) atoms. The van der Waals surface area contributed by atoms with Crippen molar-refractivity contribution in [3.05, 3.63) is 28.7 Å². The first-order valence-corrected chi connectivity index (χ1v) is 6.70. The molecule has 1 aromatic carbocycles. The van der Waals surface area contributed by atoms with E-state index in [2.05, 4.69) is 21.2 Å². The summed E-state index contributed by atoms with van der Waals surface area (Å²) in [5.74, 6) is -0.854. The SMILES string of the molecule is O=C(O)C1CCCC(Nc2ccccc2Br)C1. The Bertz CT molecular complexity index is 408. The summed E-state index contributed by atoms with van der Waals surface area (Å²) in [6.45, 7) is 0. The molecule has 3 nitrogen and oxygen atoms in total. The van der Waals surface area contributed by atoms with Gasteiger partial charge in [-0.3, -0.25) is 4.79 Å². The Balaban J connectivity index is 1.99. The molecule has 2 atom stereocenters. The van der Waals surface area contributed by atoms with Crippen molar-refractivity contribution in [3.63, 3.8) is 0 Å². The van der Waals surface area contributed by atoms with E-state index in [1.54, 1.807) is 0 Å². The minimum absolute atomic E-state index is 0.191. The Kier molecular flexibility index (Phi) is 4.05. The molecule has 1 fully saturated rings. The van der Waals surface area contributed by atoms with Crippen molar-refractivity contribution in [2.24, 2.45) is 5.92 Å². The fourth-order valence-electron chi connectivity index (χ4n) is 2.34. The third-order valence-electron chi connectivity index (χ3n) is 3.26. The average Bonchev–Trinajstić information content (AvgIpc) is 2.32. The number of rotatable bonds is 3. The monoisotopic (exact) mass is 297 g/mol. The molecule has 0 amide bonds. The highest BCUT2D eigenvalue weighted by Gasteiger charge is 2.26. The summed E-state index contributed by atoms with van der Waals surface area (Å²) in [6.07, 6.45) is 3.56. The largest absolute Gasteiger partial charge is 0.481 e. The van der Waals surface area contributed by atoms with Gasteiger partial charge in [0.2, 0.25) is 0 Å². The second-order valence-electron chi connectivity index (χ2n) is 4.52. The lowest BCUT2D eigenvalue weighted by molar-refractivity contribution is -0.142. The fraction of sp³-hybridized carbons (Fsp3) is 0.462. The van der Waals surface area contributed by atoms with Gasteiger partial charge in [0.05, 0.1) is 5.92 Å². The van der Waals surface area contributed by atoms with Crippen LogP contribution < -0.4 is 5.32 Å². The summed E-state index contributed by atoms with van der Waals surface area (Å²) in [5.41, 5.74) is 1.04. The van der Waals surface area contributed by atoms with E-state index in [0.717, 1.165) is 35.8 Å². The third kappa shape index (κ3) is 3.22. The zero-order chi connectivity index (χ0) is 12.3. The standard InChI is InChI=1S/C13H16BrNO2/c14-11-6-1-2-7-12(11)15-10-5-3-4-9(8-10)13(16)17/h1-2,6-7,9-10,15H,3-5,8H2,(H,16,17). The molecule has 92 valence electrons. The lowest BCUT2D eigenvalue weighted by Gasteiger charge is -2.28. The van der Waals surface area contributed by atoms with Crippen LogP contribution in [0, 0.1) is 5.92 Å². The van der Waals surface area contributed by atoms with Crippen molar-refractivity contribution in [1.29, 1.82) is 0 Å². The number of carbonyl (C=O) groups is 1. The lowest BCUT2D eigenvalue weighted by atomic mass is 9.85. The first-order valence-electron chi connectivity index (χ1n) is 5.90. The molecular formula is C13H16BrNO2. The lowest BCUT2D eigenvalue weighted by Crippen LogP contribution is -2.31. The van der Waals surface area contributed by atoms with Gasteiger partial charge in [0.1, 0.15) is 0 Å². The number of aliphatic carboxylic acids is 1. The quantitative estimate of drug-likeness (QED) is 0.898. The molecule has 0 spiro atoms. The van der Waals surface area contributed by atoms with E-state index in [4.69, 9.17) is 5.11 Å². The van der Waals surface area contributed by atoms with Crippen LogP contribution >= 0.6 is 15.9 Å². The normalized spacial score (nSPS) is 24.3. The average molecular weight is 298 g/mol. The minimum atomic E-state index is -0.663. The molecule has 2 N–H and O–H groups in total. The number of carboxylic acid groups (broad SMARTS) is 1. The Labute approximate surface area is 109 Å². The summed E-state index contributed by atoms with van der Waals surface area (Å²) in [6, 6.07) is 8.21. The molecule has 2 unspecified atom stereocenters. The zero-order valence-corrected chi connectivity index (χ0v) is 11.1. The number of carboxylic acids is 1. The predicted molar refractivity (Wildman–Crippen MR) is 71.1 cm³/mol. The Morgan fingerprint density at radius 1 is 1.35 bits per heavy atom. The van der Waals surface area contributed by atoms with Crippen molar-refractivity contribution in [2.75, 3.05) is 5.32 Å². The predicted octanol–water partition coefficient (Wildman–Crippen LogP) is 3.50. The highest BCUT2D eigenvalue weighted by molar-refractivity contribution is 9.10. The van der Waals surface area contributed by atoms with Crippen LogP contribution in [0.1, 0.15) is 25.7 Å². The van der Waals surface area contributed by atoms with Gasteiger partial charge in [0.25, 0.3) is 0 Å². The zero-order valence-electron chi connectivity index (χ0n) is 9.53. The molecule has 0 aromatic heterocycles. The van der Waals surface area contributed by atoms with Crippen LogP contribution in [0.5, 0.6) is 0 Å². The van der Waals surface area contributed by atoms with Crippen LogP contribution in [-0.4, -0.2) is 17.1 Å². The van der Waals surface area contributed by atoms with Crippen molar-refractivity contribution in [1.82, 2.24) is 0 Å². The molecular weight excluding hydrogens is 282 g/mol. The molecule has 0 aliphatic heterocycles. The van der Waals surface area contributed by atoms with E-state index < -0.39 is 5.97 Å². The van der Waals surface area contributed by atoms with Crippen LogP contribution in [-0.2, 0) is 4.79 Å². The minimum Gasteiger partial charge on any atom is -0.481 e. The molecule has 1 saturated carbocycles. The molecule has 1 aromatic rings. The first kappa shape index (κ1) is 12.4. The highest BCUT2D eigenvalue weighted by Crippen LogP contribution is 2.29. The highest BCUT2D eigenvalue weighted by atomic mass is 79.9. The fourth-order valence-corrected chi connectivity index (χ4v) is 2.74. The maximum atomic E-state index is 11.0. The summed E-state index contributed by atoms with van der Waals surface area (Å²) in [4.78, 5) is 11.0. The van der Waals surface area contributed by atoms with Crippen LogP contribution in [0.3, 0.4) is 0 Å². The Morgan fingerprint density at radius 3 is 2.82 bits per heavy atom. The number of benzene rings is 1. The van der Waals surface area contributed by atoms with Crippen LogP contribution in [0.2, 0.25) is 0 Å². The van der Waals surface area contributed by atoms with Gasteiger partial charge < -0.3 is 10.4 Å². The number of hydrogen-bond acceptors (Lipinski definition) is 2. The van der Waals surface area contributed by atoms with Gasteiger partial charge in [-0.15, -0.1) is 0 Å². The van der Waals surface area contributed by atoms with E-state index in [0.29, 0.717) is 0 Å². The summed E-state index contributed by atoms with van der Waals surface area (Å²) >= 11 is 3.49. The second kappa shape index (κ2) is 5.54. The van der Waals surface area contributed by atoms with Gasteiger partial charge in [-0.25, -0.2) is 0 Å². The Morgan fingerprint density at radius 2 is 2.12 bits per heavy atom. The molecule has 0 radical (unpaired) electrons. The molecule has 4 heteroatoms. The van der Waals surface area contributed by atoms with Gasteiger partial charge in [0, 0.05) is 16.2 Å². The smallest absolute Gasteiger partial charge is 0.306 e. The number of anilines is 1. The van der Waals surface area contributed by atoms with Crippen molar-refractivity contribution >= 4 is 27.6 Å². The van der Waals surface area contributed by atoms with E-state index >= 15 is 0 Å². The van der Waals surface area contributed by atoms with E-state index in [-0.39, 0.29) is 12.0 Å². The van der Waals surface area contributed by atoms with Crippen LogP contribution in [0.4, 0.5) is 5.69 Å². The molecule has 0 heterocycles. The molecule has 0 bridgehead atoms. The summed E-state index contributed by atoms with van der Waals surface area (Å²) in [7, 11) is 0. The van der Waals surface area contributed by atoms with E-state index in [9.17, 15) is 4.79 Å². The van der Waals surface area contributed by atoms with Crippen molar-refractivity contribution in [3.8, 4) is 0 Å². The number of halogens is 1. The molecule has 1 aliphatic rings. The van der Waals surface area contributed by atoms with E-state index in [1.165, 1.54) is 0 Å². The molecule has 1 aliphatic carbocycles. The van der Waals surface area contributed by atoms with Crippen molar-refractivity contribution in [2.45, 2.75) is 31.7 Å². The third-order valence-corrected chi connectivity index (χ3v) is 3.95. The second-order valence-corrected chi connectivity index (χ2v) is 5.38. The molecule has 0 saturated heterocycles. The number of hydrogen-bond donors (Lipinski definition) is 2. The maximum Gasteiger partial charge on any atom is 0.306 e. The van der Waals surface area contributed by atoms with Crippen LogP contribution in [0.25, 0.3) is 0 Å².